The van der Waals surface area contributed by atoms with Gasteiger partial charge in [-0.3, -0.25) is 9.59 Å². The van der Waals surface area contributed by atoms with Gasteiger partial charge in [0.05, 0.1) is 12.5 Å². The molecule has 1 aromatic rings. The number of hydrogen-bond acceptors (Lipinski definition) is 3. The predicted molar refractivity (Wildman–Crippen MR) is 67.0 cm³/mol. The summed E-state index contributed by atoms with van der Waals surface area (Å²) in [4.78, 5) is 23.4. The van der Waals surface area contributed by atoms with Crippen LogP contribution < -0.4 is 5.32 Å². The van der Waals surface area contributed by atoms with Gasteiger partial charge in [-0.25, -0.2) is 0 Å². The van der Waals surface area contributed by atoms with Crippen LogP contribution in [-0.2, 0) is 19.7 Å². The zero-order valence-corrected chi connectivity index (χ0v) is 10.4. The maximum Gasteiger partial charge on any atom is 0.305 e. The van der Waals surface area contributed by atoms with Gasteiger partial charge < -0.3 is 10.1 Å². The first-order valence-corrected chi connectivity index (χ1v) is 6.10. The molecule has 0 aromatic heterocycles. The van der Waals surface area contributed by atoms with Crippen molar-refractivity contribution in [1.82, 2.24) is 5.32 Å². The van der Waals surface area contributed by atoms with Crippen LogP contribution in [0.4, 0.5) is 0 Å². The number of esters is 1. The molecular formula is C14H17NO3. The maximum atomic E-state index is 12.1. The van der Waals surface area contributed by atoms with Gasteiger partial charge in [0.2, 0.25) is 5.91 Å². The Balaban J connectivity index is 2.25. The normalized spacial score (nSPS) is 22.6. The molecule has 0 saturated carbocycles. The van der Waals surface area contributed by atoms with E-state index in [1.807, 2.05) is 30.3 Å². The molecule has 1 aromatic carbocycles. The second-order valence-corrected chi connectivity index (χ2v) is 4.53. The molecule has 0 spiro atoms. The fraction of sp³-hybridized carbons (Fsp3) is 0.429. The van der Waals surface area contributed by atoms with Gasteiger partial charge in [0, 0.05) is 13.0 Å². The van der Waals surface area contributed by atoms with E-state index in [4.69, 9.17) is 0 Å². The van der Waals surface area contributed by atoms with Gasteiger partial charge in [-0.15, -0.1) is 0 Å². The topological polar surface area (TPSA) is 55.4 Å². The van der Waals surface area contributed by atoms with Crippen molar-refractivity contribution in [2.75, 3.05) is 13.7 Å². The van der Waals surface area contributed by atoms with Gasteiger partial charge in [0.1, 0.15) is 0 Å². The summed E-state index contributed by atoms with van der Waals surface area (Å²) >= 11 is 0. The summed E-state index contributed by atoms with van der Waals surface area (Å²) in [5.41, 5.74) is 0.402. The second kappa shape index (κ2) is 5.21. The van der Waals surface area contributed by atoms with Crippen LogP contribution in [0.25, 0.3) is 0 Å². The Hall–Kier alpha value is -1.84. The fourth-order valence-corrected chi connectivity index (χ4v) is 2.51. The van der Waals surface area contributed by atoms with E-state index in [2.05, 4.69) is 10.1 Å². The smallest absolute Gasteiger partial charge is 0.305 e. The van der Waals surface area contributed by atoms with E-state index in [9.17, 15) is 9.59 Å². The Bertz CT molecular complexity index is 444. The van der Waals surface area contributed by atoms with Gasteiger partial charge in [0.15, 0.2) is 0 Å². The molecule has 2 rings (SSSR count). The van der Waals surface area contributed by atoms with E-state index in [0.717, 1.165) is 12.0 Å². The molecule has 0 bridgehead atoms. The predicted octanol–water partition coefficient (Wildman–Crippen LogP) is 1.40. The minimum atomic E-state index is -0.574. The molecule has 96 valence electrons. The highest BCUT2D eigenvalue weighted by molar-refractivity contribution is 5.90. The summed E-state index contributed by atoms with van der Waals surface area (Å²) < 4.78 is 4.66. The van der Waals surface area contributed by atoms with Crippen molar-refractivity contribution in [2.45, 2.75) is 24.7 Å². The van der Waals surface area contributed by atoms with E-state index >= 15 is 0 Å². The van der Waals surface area contributed by atoms with Crippen molar-refractivity contribution in [2.24, 2.45) is 0 Å². The summed E-state index contributed by atoms with van der Waals surface area (Å²) in [7, 11) is 1.37. The summed E-state index contributed by atoms with van der Waals surface area (Å²) in [6.07, 6.45) is 1.49. The Labute approximate surface area is 106 Å². The lowest BCUT2D eigenvalue weighted by Gasteiger charge is -2.26. The van der Waals surface area contributed by atoms with E-state index in [1.165, 1.54) is 7.11 Å². The van der Waals surface area contributed by atoms with Crippen molar-refractivity contribution in [3.63, 3.8) is 0 Å². The largest absolute Gasteiger partial charge is 0.469 e. The minimum absolute atomic E-state index is 0.0117. The van der Waals surface area contributed by atoms with Gasteiger partial charge >= 0.3 is 5.97 Å². The van der Waals surface area contributed by atoms with Crippen LogP contribution in [0.3, 0.4) is 0 Å². The first kappa shape index (κ1) is 12.6. The quantitative estimate of drug-likeness (QED) is 0.818. The molecule has 4 heteroatoms. The number of nitrogens with one attached hydrogen (secondary N) is 1. The number of carbonyl (C=O) groups is 2. The molecule has 1 aliphatic heterocycles. The summed E-state index contributed by atoms with van der Waals surface area (Å²) in [5.74, 6) is -0.261. The van der Waals surface area contributed by atoms with Crippen LogP contribution in [-0.4, -0.2) is 25.5 Å². The molecule has 1 fully saturated rings. The third-order valence-electron chi connectivity index (χ3n) is 3.58. The molecule has 0 aliphatic carbocycles. The van der Waals surface area contributed by atoms with Crippen LogP contribution >= 0.6 is 0 Å². The molecule has 1 amide bonds. The zero-order chi connectivity index (χ0) is 13.0. The molecule has 1 unspecified atom stereocenters. The van der Waals surface area contributed by atoms with Crippen molar-refractivity contribution < 1.29 is 14.3 Å². The second-order valence-electron chi connectivity index (χ2n) is 4.53. The van der Waals surface area contributed by atoms with Crippen LogP contribution in [0, 0.1) is 0 Å². The SMILES string of the molecule is COC(=O)CCC1(c2ccccc2)CCNC1=O. The Morgan fingerprint density at radius 2 is 2.11 bits per heavy atom. The highest BCUT2D eigenvalue weighted by Crippen LogP contribution is 2.36. The molecule has 1 saturated heterocycles. The number of amides is 1. The Kier molecular flexibility index (Phi) is 3.65. The number of hydrogen-bond donors (Lipinski definition) is 1. The lowest BCUT2D eigenvalue weighted by Crippen LogP contribution is -2.36. The van der Waals surface area contributed by atoms with Crippen molar-refractivity contribution >= 4 is 11.9 Å². The highest BCUT2D eigenvalue weighted by Gasteiger charge is 2.43. The van der Waals surface area contributed by atoms with Crippen LogP contribution in [0.5, 0.6) is 0 Å². The van der Waals surface area contributed by atoms with Gasteiger partial charge in [0.25, 0.3) is 0 Å². The summed E-state index contributed by atoms with van der Waals surface area (Å²) in [6.45, 7) is 0.662. The monoisotopic (exact) mass is 247 g/mol. The number of carbonyl (C=O) groups excluding carboxylic acids is 2. The molecule has 4 nitrogen and oxygen atoms in total. The standard InChI is InChI=1S/C14H17NO3/c1-18-12(16)7-8-14(9-10-15-13(14)17)11-5-3-2-4-6-11/h2-6H,7-10H2,1H3,(H,15,17). The number of rotatable bonds is 4. The third-order valence-corrected chi connectivity index (χ3v) is 3.58. The molecule has 1 N–H and O–H groups in total. The fourth-order valence-electron chi connectivity index (χ4n) is 2.51. The van der Waals surface area contributed by atoms with Gasteiger partial charge in [-0.05, 0) is 18.4 Å². The lowest BCUT2D eigenvalue weighted by atomic mass is 9.75. The van der Waals surface area contributed by atoms with Gasteiger partial charge in [-0.1, -0.05) is 30.3 Å². The molecule has 0 radical (unpaired) electrons. The van der Waals surface area contributed by atoms with Crippen LogP contribution in [0.1, 0.15) is 24.8 Å². The molecule has 1 heterocycles. The Morgan fingerprint density at radius 1 is 1.39 bits per heavy atom. The lowest BCUT2D eigenvalue weighted by molar-refractivity contribution is -0.141. The van der Waals surface area contributed by atoms with E-state index in [0.29, 0.717) is 13.0 Å². The number of methoxy groups -OCH3 is 1. The average Bonchev–Trinajstić information content (AvgIpc) is 2.79. The first-order valence-electron chi connectivity index (χ1n) is 6.10. The third kappa shape index (κ3) is 2.23. The average molecular weight is 247 g/mol. The van der Waals surface area contributed by atoms with E-state index in [-0.39, 0.29) is 18.3 Å². The first-order chi connectivity index (χ1) is 8.69. The molecule has 1 atom stereocenters. The molecule has 1 aliphatic rings. The van der Waals surface area contributed by atoms with Crippen molar-refractivity contribution in [3.05, 3.63) is 35.9 Å². The van der Waals surface area contributed by atoms with E-state index < -0.39 is 5.41 Å². The summed E-state index contributed by atoms with van der Waals surface area (Å²) in [5, 5.41) is 2.86. The number of benzene rings is 1. The van der Waals surface area contributed by atoms with Crippen molar-refractivity contribution in [1.29, 1.82) is 0 Å². The maximum absolute atomic E-state index is 12.1. The van der Waals surface area contributed by atoms with E-state index in [1.54, 1.807) is 0 Å². The van der Waals surface area contributed by atoms with Gasteiger partial charge in [-0.2, -0.15) is 0 Å². The molecule has 18 heavy (non-hydrogen) atoms. The van der Waals surface area contributed by atoms with Crippen LogP contribution in [0.2, 0.25) is 0 Å². The minimum Gasteiger partial charge on any atom is -0.469 e. The zero-order valence-electron chi connectivity index (χ0n) is 10.4. The van der Waals surface area contributed by atoms with Crippen molar-refractivity contribution in [3.8, 4) is 0 Å². The number of ether oxygens (including phenoxy) is 1. The highest BCUT2D eigenvalue weighted by atomic mass is 16.5. The molecular weight excluding hydrogens is 230 g/mol. The summed E-state index contributed by atoms with van der Waals surface area (Å²) in [6, 6.07) is 9.65. The van der Waals surface area contributed by atoms with Crippen LogP contribution in [0.15, 0.2) is 30.3 Å². The Morgan fingerprint density at radius 3 is 2.67 bits per heavy atom.